The Morgan fingerprint density at radius 2 is 2.03 bits per heavy atom. The standard InChI is InChI=1S/C26H32N6O5S/c33-23(17-4-5-17)30-9-6-26(36,7-10-30)15-32-16-28-21-20(29-38-22(21)24(32)34)18-2-1-3-19(14-18)37-13-12-31-11-8-27-25(31)35/h1-3,14,16-17,20,29,36H,4-13,15H2,(H,27,35). The number of piperidine rings is 1. The first kappa shape index (κ1) is 25.2. The van der Waals surface area contributed by atoms with Crippen LogP contribution < -0.4 is 20.3 Å². The van der Waals surface area contributed by atoms with Crippen molar-refractivity contribution in [1.29, 1.82) is 0 Å². The maximum absolute atomic E-state index is 13.3. The number of rotatable bonds is 8. The molecule has 2 saturated heterocycles. The number of urea groups is 1. The summed E-state index contributed by atoms with van der Waals surface area (Å²) >= 11 is 1.26. The quantitative estimate of drug-likeness (QED) is 0.425. The number of nitrogens with one attached hydrogen (secondary N) is 2. The molecule has 1 saturated carbocycles. The molecule has 3 aliphatic heterocycles. The van der Waals surface area contributed by atoms with Gasteiger partial charge in [-0.1, -0.05) is 12.1 Å². The molecule has 0 spiro atoms. The molecule has 3 fully saturated rings. The summed E-state index contributed by atoms with van der Waals surface area (Å²) in [4.78, 5) is 46.0. The van der Waals surface area contributed by atoms with Gasteiger partial charge in [-0.15, -0.1) is 0 Å². The third kappa shape index (κ3) is 5.12. The van der Waals surface area contributed by atoms with Gasteiger partial charge in [0.05, 0.1) is 36.8 Å². The molecule has 38 heavy (non-hydrogen) atoms. The van der Waals surface area contributed by atoms with Crippen LogP contribution >= 0.6 is 11.9 Å². The third-order valence-electron chi connectivity index (χ3n) is 7.74. The minimum absolute atomic E-state index is 0.0656. The van der Waals surface area contributed by atoms with Crippen LogP contribution in [0, 0.1) is 5.92 Å². The van der Waals surface area contributed by atoms with Gasteiger partial charge in [-0.3, -0.25) is 14.2 Å². The summed E-state index contributed by atoms with van der Waals surface area (Å²) in [5, 5.41) is 14.0. The summed E-state index contributed by atoms with van der Waals surface area (Å²) < 4.78 is 10.7. The van der Waals surface area contributed by atoms with Crippen LogP contribution in [0.3, 0.4) is 0 Å². The summed E-state index contributed by atoms with van der Waals surface area (Å²) in [6.07, 6.45) is 4.34. The van der Waals surface area contributed by atoms with Crippen LogP contribution in [0.2, 0.25) is 0 Å². The first-order valence-electron chi connectivity index (χ1n) is 13.2. The number of likely N-dealkylation sites (tertiary alicyclic amines) is 1. The van der Waals surface area contributed by atoms with E-state index in [1.165, 1.54) is 22.8 Å². The molecule has 1 atom stereocenters. The van der Waals surface area contributed by atoms with Gasteiger partial charge in [0.1, 0.15) is 17.3 Å². The predicted molar refractivity (Wildman–Crippen MR) is 140 cm³/mol. The van der Waals surface area contributed by atoms with E-state index in [1.54, 1.807) is 4.90 Å². The Morgan fingerprint density at radius 1 is 1.21 bits per heavy atom. The second kappa shape index (κ2) is 10.2. The van der Waals surface area contributed by atoms with Crippen LogP contribution in [0.5, 0.6) is 5.75 Å². The summed E-state index contributed by atoms with van der Waals surface area (Å²) in [7, 11) is 0. The van der Waals surface area contributed by atoms with E-state index in [1.807, 2.05) is 29.2 Å². The lowest BCUT2D eigenvalue weighted by atomic mass is 9.91. The Kier molecular flexibility index (Phi) is 6.79. The monoisotopic (exact) mass is 540 g/mol. The third-order valence-corrected chi connectivity index (χ3v) is 8.68. The van der Waals surface area contributed by atoms with E-state index in [4.69, 9.17) is 4.74 Å². The molecule has 4 aliphatic rings. The highest BCUT2D eigenvalue weighted by Gasteiger charge is 2.39. The Labute approximate surface area is 224 Å². The highest BCUT2D eigenvalue weighted by Crippen LogP contribution is 2.37. The zero-order valence-corrected chi connectivity index (χ0v) is 21.9. The molecule has 2 aromatic rings. The lowest BCUT2D eigenvalue weighted by molar-refractivity contribution is -0.137. The molecule has 3 amide bonds. The highest BCUT2D eigenvalue weighted by atomic mass is 32.2. The molecule has 12 heteroatoms. The minimum atomic E-state index is -1.04. The van der Waals surface area contributed by atoms with Crippen molar-refractivity contribution in [3.63, 3.8) is 0 Å². The fourth-order valence-corrected chi connectivity index (χ4v) is 6.25. The normalized spacial score (nSPS) is 22.3. The molecule has 11 nitrogen and oxygen atoms in total. The number of aliphatic hydroxyl groups is 1. The smallest absolute Gasteiger partial charge is 0.317 e. The second-order valence-electron chi connectivity index (χ2n) is 10.5. The zero-order chi connectivity index (χ0) is 26.3. The van der Waals surface area contributed by atoms with E-state index >= 15 is 0 Å². The number of ether oxygens (including phenoxy) is 1. The van der Waals surface area contributed by atoms with Gasteiger partial charge in [-0.05, 0) is 55.3 Å². The number of aromatic nitrogens is 2. The van der Waals surface area contributed by atoms with E-state index in [9.17, 15) is 19.5 Å². The molecule has 3 N–H and O–H groups in total. The zero-order valence-electron chi connectivity index (χ0n) is 21.1. The summed E-state index contributed by atoms with van der Waals surface area (Å²) in [6.45, 7) is 3.43. The summed E-state index contributed by atoms with van der Waals surface area (Å²) in [5.74, 6) is 1.06. The van der Waals surface area contributed by atoms with E-state index < -0.39 is 5.60 Å². The summed E-state index contributed by atoms with van der Waals surface area (Å²) in [6, 6.07) is 7.31. The first-order valence-corrected chi connectivity index (χ1v) is 14.0. The number of benzene rings is 1. The van der Waals surface area contributed by atoms with Gasteiger partial charge >= 0.3 is 6.03 Å². The number of hydrogen-bond acceptors (Lipinski definition) is 8. The van der Waals surface area contributed by atoms with Crippen molar-refractivity contribution in [2.24, 2.45) is 5.92 Å². The van der Waals surface area contributed by atoms with Crippen LogP contribution in [-0.2, 0) is 11.3 Å². The van der Waals surface area contributed by atoms with Gasteiger partial charge < -0.3 is 25.0 Å². The Morgan fingerprint density at radius 3 is 2.76 bits per heavy atom. The Bertz CT molecular complexity index is 1290. The van der Waals surface area contributed by atoms with Gasteiger partial charge in [-0.2, -0.15) is 0 Å². The van der Waals surface area contributed by atoms with E-state index in [0.717, 1.165) is 18.4 Å². The number of fused-ring (bicyclic) bond motifs is 1. The van der Waals surface area contributed by atoms with Crippen molar-refractivity contribution in [1.82, 2.24) is 29.4 Å². The van der Waals surface area contributed by atoms with Crippen molar-refractivity contribution >= 4 is 23.9 Å². The van der Waals surface area contributed by atoms with Crippen LogP contribution in [0.1, 0.15) is 43.0 Å². The maximum atomic E-state index is 13.3. The molecule has 1 unspecified atom stereocenters. The SMILES string of the molecule is O=C1NCCN1CCOc1cccc(C2NSc3c2ncn(CC2(O)CCN(C(=O)C4CC4)CC2)c3=O)c1. The molecule has 0 radical (unpaired) electrons. The lowest BCUT2D eigenvalue weighted by Gasteiger charge is -2.38. The topological polar surface area (TPSA) is 129 Å². The van der Waals surface area contributed by atoms with Gasteiger partial charge in [0.15, 0.2) is 0 Å². The summed E-state index contributed by atoms with van der Waals surface area (Å²) in [5.41, 5.74) is 0.344. The van der Waals surface area contributed by atoms with Crippen LogP contribution in [0.4, 0.5) is 4.79 Å². The van der Waals surface area contributed by atoms with E-state index in [2.05, 4.69) is 15.0 Å². The molecule has 1 aromatic carbocycles. The molecule has 1 aromatic heterocycles. The van der Waals surface area contributed by atoms with Crippen molar-refractivity contribution in [3.05, 3.63) is 52.2 Å². The van der Waals surface area contributed by atoms with Gasteiger partial charge in [0, 0.05) is 32.1 Å². The fraction of sp³-hybridized carbons (Fsp3) is 0.538. The number of carbonyl (C=O) groups excluding carboxylic acids is 2. The van der Waals surface area contributed by atoms with E-state index in [0.29, 0.717) is 68.5 Å². The maximum Gasteiger partial charge on any atom is 0.317 e. The largest absolute Gasteiger partial charge is 0.492 e. The molecule has 6 rings (SSSR count). The Hall–Kier alpha value is -3.09. The number of amides is 3. The Balaban J connectivity index is 1.10. The number of nitrogens with zero attached hydrogens (tertiary/aromatic N) is 4. The van der Waals surface area contributed by atoms with Crippen LogP contribution in [0.25, 0.3) is 0 Å². The van der Waals surface area contributed by atoms with Gasteiger partial charge in [-0.25, -0.2) is 14.5 Å². The van der Waals surface area contributed by atoms with Crippen molar-refractivity contribution < 1.29 is 19.4 Å². The minimum Gasteiger partial charge on any atom is -0.492 e. The fourth-order valence-electron chi connectivity index (χ4n) is 5.29. The van der Waals surface area contributed by atoms with Gasteiger partial charge in [0.2, 0.25) is 5.91 Å². The lowest BCUT2D eigenvalue weighted by Crippen LogP contribution is -2.50. The average Bonchev–Trinajstić information content (AvgIpc) is 3.55. The first-order chi connectivity index (χ1) is 18.4. The molecule has 4 heterocycles. The molecule has 1 aliphatic carbocycles. The average molecular weight is 541 g/mol. The van der Waals surface area contributed by atoms with Crippen LogP contribution in [0.15, 0.2) is 40.3 Å². The number of carbonyl (C=O) groups is 2. The molecular weight excluding hydrogens is 508 g/mol. The molecular formula is C26H32N6O5S. The van der Waals surface area contributed by atoms with E-state index in [-0.39, 0.29) is 36.0 Å². The van der Waals surface area contributed by atoms with Crippen molar-refractivity contribution in [3.8, 4) is 5.75 Å². The molecule has 202 valence electrons. The highest BCUT2D eigenvalue weighted by molar-refractivity contribution is 7.97. The van der Waals surface area contributed by atoms with Gasteiger partial charge in [0.25, 0.3) is 5.56 Å². The molecule has 0 bridgehead atoms. The van der Waals surface area contributed by atoms with Crippen LogP contribution in [-0.4, -0.2) is 81.3 Å². The number of hydrogen-bond donors (Lipinski definition) is 3. The second-order valence-corrected chi connectivity index (χ2v) is 11.4. The van der Waals surface area contributed by atoms with Crippen molar-refractivity contribution in [2.45, 2.75) is 48.8 Å². The van der Waals surface area contributed by atoms with Crippen molar-refractivity contribution in [2.75, 3.05) is 39.3 Å². The predicted octanol–water partition coefficient (Wildman–Crippen LogP) is 1.11.